The zero-order valence-electron chi connectivity index (χ0n) is 13.5. The fraction of sp³-hybridized carbons (Fsp3) is 0.684. The van der Waals surface area contributed by atoms with Crippen molar-refractivity contribution in [3.05, 3.63) is 34.9 Å². The highest BCUT2D eigenvalue weighted by atomic mass is 35.5. The zero-order valence-corrected chi connectivity index (χ0v) is 14.2. The monoisotopic (exact) mass is 310 g/mol. The van der Waals surface area contributed by atoms with Gasteiger partial charge in [0.05, 0.1) is 6.10 Å². The average Bonchev–Trinajstić information content (AvgIpc) is 2.48. The minimum absolute atomic E-state index is 0.255. The first-order chi connectivity index (χ1) is 10.2. The number of aliphatic hydroxyl groups is 1. The molecule has 1 atom stereocenters. The number of halogens is 1. The smallest absolute Gasteiger partial charge is 0.0581 e. The van der Waals surface area contributed by atoms with Gasteiger partial charge in [-0.05, 0) is 24.5 Å². The quantitative estimate of drug-likeness (QED) is 0.458. The Morgan fingerprint density at radius 3 is 2.10 bits per heavy atom. The molecule has 1 nitrogen and oxygen atoms in total. The van der Waals surface area contributed by atoms with E-state index < -0.39 is 0 Å². The molecule has 0 spiro atoms. The molecule has 0 bridgehead atoms. The van der Waals surface area contributed by atoms with Crippen LogP contribution in [0.3, 0.4) is 0 Å². The summed E-state index contributed by atoms with van der Waals surface area (Å²) in [6.07, 6.45) is 13.2. The number of hydrogen-bond acceptors (Lipinski definition) is 1. The maximum Gasteiger partial charge on any atom is 0.0581 e. The van der Waals surface area contributed by atoms with Crippen LogP contribution in [0.5, 0.6) is 0 Å². The van der Waals surface area contributed by atoms with Crippen molar-refractivity contribution in [2.75, 3.05) is 0 Å². The molecular weight excluding hydrogens is 280 g/mol. The van der Waals surface area contributed by atoms with E-state index in [1.165, 1.54) is 51.4 Å². The van der Waals surface area contributed by atoms with Crippen molar-refractivity contribution in [1.29, 1.82) is 0 Å². The normalized spacial score (nSPS) is 12.5. The predicted octanol–water partition coefficient (Wildman–Crippen LogP) is 6.16. The van der Waals surface area contributed by atoms with E-state index in [9.17, 15) is 5.11 Å². The maximum absolute atomic E-state index is 10.1. The molecule has 1 unspecified atom stereocenters. The van der Waals surface area contributed by atoms with E-state index in [-0.39, 0.29) is 6.10 Å². The zero-order chi connectivity index (χ0) is 15.3. The molecular formula is C19H31ClO. The molecule has 0 saturated carbocycles. The Balaban J connectivity index is 1.99. The first-order valence-electron chi connectivity index (χ1n) is 8.65. The lowest BCUT2D eigenvalue weighted by Gasteiger charge is -2.11. The molecule has 1 N–H and O–H groups in total. The molecule has 1 rings (SSSR count). The molecule has 120 valence electrons. The summed E-state index contributed by atoms with van der Waals surface area (Å²) < 4.78 is 0. The second-order valence-electron chi connectivity index (χ2n) is 6.07. The van der Waals surface area contributed by atoms with Gasteiger partial charge in [-0.2, -0.15) is 0 Å². The first kappa shape index (κ1) is 18.5. The minimum atomic E-state index is -0.255. The molecule has 0 radical (unpaired) electrons. The molecule has 0 aliphatic carbocycles. The lowest BCUT2D eigenvalue weighted by molar-refractivity contribution is 0.161. The summed E-state index contributed by atoms with van der Waals surface area (Å²) in [4.78, 5) is 0. The molecule has 1 aromatic carbocycles. The topological polar surface area (TPSA) is 20.2 Å². The van der Waals surface area contributed by atoms with Gasteiger partial charge in [0.25, 0.3) is 0 Å². The third kappa shape index (κ3) is 9.16. The summed E-state index contributed by atoms with van der Waals surface area (Å²) in [7, 11) is 0. The van der Waals surface area contributed by atoms with E-state index in [2.05, 4.69) is 6.92 Å². The average molecular weight is 311 g/mol. The molecule has 0 saturated heterocycles. The molecule has 0 heterocycles. The number of unbranched alkanes of at least 4 members (excludes halogenated alkanes) is 8. The molecule has 21 heavy (non-hydrogen) atoms. The number of benzene rings is 1. The highest BCUT2D eigenvalue weighted by Gasteiger charge is 2.07. The van der Waals surface area contributed by atoms with E-state index >= 15 is 0 Å². The second-order valence-corrected chi connectivity index (χ2v) is 6.47. The van der Waals surface area contributed by atoms with E-state index in [0.29, 0.717) is 6.42 Å². The van der Waals surface area contributed by atoms with Gasteiger partial charge in [-0.15, -0.1) is 0 Å². The van der Waals surface area contributed by atoms with Crippen LogP contribution in [-0.4, -0.2) is 11.2 Å². The summed E-state index contributed by atoms with van der Waals surface area (Å²) in [6.45, 7) is 2.26. The van der Waals surface area contributed by atoms with Gasteiger partial charge in [0, 0.05) is 5.02 Å². The predicted molar refractivity (Wildman–Crippen MR) is 93.0 cm³/mol. The third-order valence-corrected chi connectivity index (χ3v) is 4.42. The Hall–Kier alpha value is -0.530. The van der Waals surface area contributed by atoms with Crippen LogP contribution in [0, 0.1) is 0 Å². The van der Waals surface area contributed by atoms with Crippen molar-refractivity contribution in [1.82, 2.24) is 0 Å². The van der Waals surface area contributed by atoms with Crippen LogP contribution in [0.15, 0.2) is 24.3 Å². The lowest BCUT2D eigenvalue weighted by Crippen LogP contribution is -2.10. The van der Waals surface area contributed by atoms with Crippen LogP contribution in [0.2, 0.25) is 5.02 Å². The number of rotatable bonds is 12. The van der Waals surface area contributed by atoms with Crippen LogP contribution in [-0.2, 0) is 6.42 Å². The highest BCUT2D eigenvalue weighted by Crippen LogP contribution is 2.19. The summed E-state index contributed by atoms with van der Waals surface area (Å²) >= 11 is 6.11. The highest BCUT2D eigenvalue weighted by molar-refractivity contribution is 6.31. The Bertz CT molecular complexity index is 364. The Morgan fingerprint density at radius 2 is 1.48 bits per heavy atom. The third-order valence-electron chi connectivity index (χ3n) is 4.05. The van der Waals surface area contributed by atoms with Gasteiger partial charge in [-0.3, -0.25) is 0 Å². The maximum atomic E-state index is 10.1. The van der Waals surface area contributed by atoms with Gasteiger partial charge in [0.2, 0.25) is 0 Å². The number of aliphatic hydroxyl groups excluding tert-OH is 1. The van der Waals surface area contributed by atoms with Gasteiger partial charge in [0.1, 0.15) is 0 Å². The molecule has 0 aliphatic heterocycles. The van der Waals surface area contributed by atoms with Crippen molar-refractivity contribution in [3.8, 4) is 0 Å². The molecule has 0 fully saturated rings. The summed E-state index contributed by atoms with van der Waals surface area (Å²) in [5.74, 6) is 0. The largest absolute Gasteiger partial charge is 0.393 e. The fourth-order valence-electron chi connectivity index (χ4n) is 2.71. The van der Waals surface area contributed by atoms with Crippen LogP contribution < -0.4 is 0 Å². The molecule has 1 aromatic rings. The molecule has 0 aromatic heterocycles. The van der Waals surface area contributed by atoms with Crippen molar-refractivity contribution in [2.45, 2.75) is 83.7 Å². The van der Waals surface area contributed by atoms with Crippen molar-refractivity contribution < 1.29 is 5.11 Å². The van der Waals surface area contributed by atoms with Crippen LogP contribution in [0.1, 0.15) is 76.7 Å². The minimum Gasteiger partial charge on any atom is -0.393 e. The molecule has 0 amide bonds. The fourth-order valence-corrected chi connectivity index (χ4v) is 2.92. The summed E-state index contributed by atoms with van der Waals surface area (Å²) in [6, 6.07) is 7.80. The second kappa shape index (κ2) is 12.1. The standard InChI is InChI=1S/C19H31ClO/c1-2-3-4-5-6-7-8-9-10-14-18(21)16-17-13-11-12-15-19(17)20/h11-13,15,18,21H,2-10,14,16H2,1H3. The van der Waals surface area contributed by atoms with Gasteiger partial charge < -0.3 is 5.11 Å². The van der Waals surface area contributed by atoms with Crippen molar-refractivity contribution in [2.24, 2.45) is 0 Å². The summed E-state index contributed by atoms with van der Waals surface area (Å²) in [5, 5.41) is 10.8. The number of hydrogen-bond donors (Lipinski definition) is 1. The van der Waals surface area contributed by atoms with Gasteiger partial charge in [-0.1, -0.05) is 94.5 Å². The summed E-state index contributed by atoms with van der Waals surface area (Å²) in [5.41, 5.74) is 1.06. The van der Waals surface area contributed by atoms with Crippen LogP contribution >= 0.6 is 11.6 Å². The Morgan fingerprint density at radius 1 is 0.905 bits per heavy atom. The molecule has 0 aliphatic rings. The first-order valence-corrected chi connectivity index (χ1v) is 9.03. The molecule has 2 heteroatoms. The van der Waals surface area contributed by atoms with Crippen LogP contribution in [0.4, 0.5) is 0 Å². The van der Waals surface area contributed by atoms with E-state index in [4.69, 9.17) is 11.6 Å². The van der Waals surface area contributed by atoms with Crippen molar-refractivity contribution >= 4 is 11.6 Å². The van der Waals surface area contributed by atoms with E-state index in [1.54, 1.807) is 0 Å². The van der Waals surface area contributed by atoms with E-state index in [0.717, 1.165) is 23.4 Å². The SMILES string of the molecule is CCCCCCCCCCCC(O)Cc1ccccc1Cl. The van der Waals surface area contributed by atoms with Gasteiger partial charge in [0.15, 0.2) is 0 Å². The Labute approximate surface area is 135 Å². The van der Waals surface area contributed by atoms with Crippen molar-refractivity contribution in [3.63, 3.8) is 0 Å². The van der Waals surface area contributed by atoms with E-state index in [1.807, 2.05) is 24.3 Å². The Kier molecular flexibility index (Phi) is 10.6. The van der Waals surface area contributed by atoms with Gasteiger partial charge in [-0.25, -0.2) is 0 Å². The van der Waals surface area contributed by atoms with Crippen LogP contribution in [0.25, 0.3) is 0 Å². The van der Waals surface area contributed by atoms with Gasteiger partial charge >= 0.3 is 0 Å². The lowest BCUT2D eigenvalue weighted by atomic mass is 10.0.